The van der Waals surface area contributed by atoms with Crippen LogP contribution in [-0.2, 0) is 0 Å². The van der Waals surface area contributed by atoms with E-state index >= 15 is 0 Å². The molecule has 104 valence electrons. The van der Waals surface area contributed by atoms with Crippen LogP contribution in [0.25, 0.3) is 6.08 Å². The Morgan fingerprint density at radius 3 is 2.63 bits per heavy atom. The largest absolute Gasteiger partial charge is 0.497 e. The third kappa shape index (κ3) is 5.44. The Hall–Kier alpha value is -2.01. The summed E-state index contributed by atoms with van der Waals surface area (Å²) in [4.78, 5) is 11.5. The van der Waals surface area contributed by atoms with Gasteiger partial charge in [0.15, 0.2) is 0 Å². The van der Waals surface area contributed by atoms with Gasteiger partial charge in [-0.3, -0.25) is 0 Å². The minimum absolute atomic E-state index is 0.0634. The number of carbonyl (C=O) groups is 1. The molecule has 0 bridgehead atoms. The topological polar surface area (TPSA) is 70.6 Å². The van der Waals surface area contributed by atoms with Crippen LogP contribution in [0, 0.1) is 0 Å². The highest BCUT2D eigenvalue weighted by atomic mass is 16.5. The molecule has 1 aromatic rings. The summed E-state index contributed by atoms with van der Waals surface area (Å²) in [5.74, 6) is 0.789. The van der Waals surface area contributed by atoms with Crippen molar-refractivity contribution in [2.75, 3.05) is 13.7 Å². The number of nitrogens with one attached hydrogen (secondary N) is 2. The molecule has 0 saturated carbocycles. The summed E-state index contributed by atoms with van der Waals surface area (Å²) in [6.45, 7) is 1.83. The molecular weight excluding hydrogens is 244 g/mol. The van der Waals surface area contributed by atoms with Crippen LogP contribution in [0.2, 0.25) is 0 Å². The van der Waals surface area contributed by atoms with E-state index < -0.39 is 0 Å². The van der Waals surface area contributed by atoms with Crippen molar-refractivity contribution in [3.05, 3.63) is 36.0 Å². The van der Waals surface area contributed by atoms with Crippen molar-refractivity contribution in [2.45, 2.75) is 19.4 Å². The maximum Gasteiger partial charge on any atom is 0.319 e. The van der Waals surface area contributed by atoms with Crippen molar-refractivity contribution >= 4 is 12.1 Å². The predicted molar refractivity (Wildman–Crippen MR) is 74.9 cm³/mol. The molecule has 1 aromatic carbocycles. The van der Waals surface area contributed by atoms with Gasteiger partial charge in [0.25, 0.3) is 0 Å². The minimum atomic E-state index is -0.328. The fourth-order valence-corrected chi connectivity index (χ4v) is 1.43. The quantitative estimate of drug-likeness (QED) is 0.733. The Kier molecular flexibility index (Phi) is 6.46. The molecule has 0 aliphatic heterocycles. The van der Waals surface area contributed by atoms with Crippen LogP contribution in [0.3, 0.4) is 0 Å². The van der Waals surface area contributed by atoms with Crippen molar-refractivity contribution in [2.24, 2.45) is 0 Å². The number of methoxy groups -OCH3 is 1. The van der Waals surface area contributed by atoms with Gasteiger partial charge in [-0.1, -0.05) is 19.1 Å². The number of hydrogen-bond donors (Lipinski definition) is 3. The van der Waals surface area contributed by atoms with Crippen molar-refractivity contribution < 1.29 is 14.6 Å². The fraction of sp³-hybridized carbons (Fsp3) is 0.357. The summed E-state index contributed by atoms with van der Waals surface area (Å²) in [7, 11) is 1.61. The highest BCUT2D eigenvalue weighted by Crippen LogP contribution is 2.11. The summed E-state index contributed by atoms with van der Waals surface area (Å²) in [6, 6.07) is 6.92. The van der Waals surface area contributed by atoms with Gasteiger partial charge in [-0.15, -0.1) is 0 Å². The molecule has 1 rings (SSSR count). The zero-order chi connectivity index (χ0) is 14.1. The fourth-order valence-electron chi connectivity index (χ4n) is 1.43. The highest BCUT2D eigenvalue weighted by Gasteiger charge is 2.06. The van der Waals surface area contributed by atoms with Crippen LogP contribution in [0.15, 0.2) is 30.5 Å². The zero-order valence-electron chi connectivity index (χ0n) is 11.2. The Morgan fingerprint density at radius 2 is 2.11 bits per heavy atom. The molecule has 0 heterocycles. The Balaban J connectivity index is 2.42. The van der Waals surface area contributed by atoms with Crippen LogP contribution < -0.4 is 15.4 Å². The monoisotopic (exact) mass is 264 g/mol. The molecule has 0 saturated heterocycles. The molecule has 5 heteroatoms. The van der Waals surface area contributed by atoms with Crippen LogP contribution in [0.4, 0.5) is 4.79 Å². The lowest BCUT2D eigenvalue weighted by atomic mass is 10.2. The van der Waals surface area contributed by atoms with Gasteiger partial charge >= 0.3 is 6.03 Å². The van der Waals surface area contributed by atoms with E-state index in [0.717, 1.165) is 11.3 Å². The molecule has 0 aliphatic rings. The molecular formula is C14H20N2O3. The van der Waals surface area contributed by atoms with Gasteiger partial charge in [0, 0.05) is 6.20 Å². The van der Waals surface area contributed by atoms with E-state index in [1.807, 2.05) is 31.2 Å². The van der Waals surface area contributed by atoms with E-state index in [0.29, 0.717) is 6.42 Å². The molecule has 0 fully saturated rings. The van der Waals surface area contributed by atoms with Gasteiger partial charge < -0.3 is 20.5 Å². The molecule has 5 nitrogen and oxygen atoms in total. The molecule has 0 radical (unpaired) electrons. The minimum Gasteiger partial charge on any atom is -0.497 e. The third-order valence-corrected chi connectivity index (χ3v) is 2.65. The maximum atomic E-state index is 11.5. The van der Waals surface area contributed by atoms with Crippen molar-refractivity contribution in [3.8, 4) is 5.75 Å². The van der Waals surface area contributed by atoms with E-state index in [4.69, 9.17) is 9.84 Å². The number of ether oxygens (including phenoxy) is 1. The van der Waals surface area contributed by atoms with Crippen LogP contribution in [0.5, 0.6) is 5.75 Å². The zero-order valence-corrected chi connectivity index (χ0v) is 11.2. The second kappa shape index (κ2) is 8.16. The Labute approximate surface area is 113 Å². The summed E-state index contributed by atoms with van der Waals surface area (Å²) in [5, 5.41) is 14.2. The van der Waals surface area contributed by atoms with Crippen LogP contribution in [0.1, 0.15) is 18.9 Å². The number of urea groups is 1. The lowest BCUT2D eigenvalue weighted by molar-refractivity contribution is 0.217. The van der Waals surface area contributed by atoms with Gasteiger partial charge in [-0.25, -0.2) is 4.79 Å². The molecule has 3 N–H and O–H groups in total. The first-order valence-electron chi connectivity index (χ1n) is 6.18. The van der Waals surface area contributed by atoms with E-state index in [-0.39, 0.29) is 18.7 Å². The first-order valence-corrected chi connectivity index (χ1v) is 6.18. The van der Waals surface area contributed by atoms with Crippen LogP contribution >= 0.6 is 0 Å². The molecule has 2 amide bonds. The van der Waals surface area contributed by atoms with Crippen molar-refractivity contribution in [1.82, 2.24) is 10.6 Å². The molecule has 0 spiro atoms. The van der Waals surface area contributed by atoms with E-state index in [2.05, 4.69) is 10.6 Å². The number of hydrogen-bond acceptors (Lipinski definition) is 3. The normalized spacial score (nSPS) is 12.2. The first-order chi connectivity index (χ1) is 9.19. The molecule has 0 aliphatic carbocycles. The SMILES string of the molecule is CCC(CO)NC(=O)N/C=C/c1ccc(OC)cc1. The van der Waals surface area contributed by atoms with E-state index in [9.17, 15) is 4.79 Å². The summed E-state index contributed by atoms with van der Waals surface area (Å²) in [5.41, 5.74) is 0.954. The highest BCUT2D eigenvalue weighted by molar-refractivity contribution is 5.76. The van der Waals surface area contributed by atoms with Gasteiger partial charge in [0.1, 0.15) is 5.75 Å². The summed E-state index contributed by atoms with van der Waals surface area (Å²) < 4.78 is 5.05. The van der Waals surface area contributed by atoms with Gasteiger partial charge in [-0.05, 0) is 30.2 Å². The predicted octanol–water partition coefficient (Wildman–Crippen LogP) is 1.74. The number of aliphatic hydroxyl groups excluding tert-OH is 1. The number of rotatable bonds is 6. The average Bonchev–Trinajstić information content (AvgIpc) is 2.45. The smallest absolute Gasteiger partial charge is 0.319 e. The van der Waals surface area contributed by atoms with E-state index in [1.165, 1.54) is 0 Å². The second-order valence-electron chi connectivity index (χ2n) is 4.01. The Bertz CT molecular complexity index is 411. The van der Waals surface area contributed by atoms with Gasteiger partial charge in [-0.2, -0.15) is 0 Å². The van der Waals surface area contributed by atoms with Crippen LogP contribution in [-0.4, -0.2) is 30.9 Å². The van der Waals surface area contributed by atoms with Crippen molar-refractivity contribution in [3.63, 3.8) is 0 Å². The number of carbonyl (C=O) groups excluding carboxylic acids is 1. The maximum absolute atomic E-state index is 11.5. The van der Waals surface area contributed by atoms with E-state index in [1.54, 1.807) is 19.4 Å². The molecule has 19 heavy (non-hydrogen) atoms. The number of benzene rings is 1. The molecule has 1 atom stereocenters. The van der Waals surface area contributed by atoms with Crippen molar-refractivity contribution in [1.29, 1.82) is 0 Å². The summed E-state index contributed by atoms with van der Waals surface area (Å²) >= 11 is 0. The Morgan fingerprint density at radius 1 is 1.42 bits per heavy atom. The summed E-state index contributed by atoms with van der Waals surface area (Å²) in [6.07, 6.45) is 4.02. The first kappa shape index (κ1) is 15.0. The lowest BCUT2D eigenvalue weighted by Gasteiger charge is -2.13. The second-order valence-corrected chi connectivity index (χ2v) is 4.01. The van der Waals surface area contributed by atoms with Gasteiger partial charge in [0.2, 0.25) is 0 Å². The van der Waals surface area contributed by atoms with Gasteiger partial charge in [0.05, 0.1) is 19.8 Å². The molecule has 0 aromatic heterocycles. The standard InChI is InChI=1S/C14H20N2O3/c1-3-12(10-17)16-14(18)15-9-8-11-4-6-13(19-2)7-5-11/h4-9,12,17H,3,10H2,1-2H3,(H2,15,16,18)/b9-8+. The number of aliphatic hydroxyl groups is 1. The lowest BCUT2D eigenvalue weighted by Crippen LogP contribution is -2.41. The number of amides is 2. The average molecular weight is 264 g/mol. The third-order valence-electron chi connectivity index (χ3n) is 2.65. The molecule has 1 unspecified atom stereocenters.